The second-order valence-electron chi connectivity index (χ2n) is 4.42. The Kier molecular flexibility index (Phi) is 5.24. The van der Waals surface area contributed by atoms with Crippen LogP contribution >= 0.6 is 11.6 Å². The molecule has 5 nitrogen and oxygen atoms in total. The lowest BCUT2D eigenvalue weighted by Crippen LogP contribution is -2.00. The molecule has 1 aromatic carbocycles. The molecule has 0 atom stereocenters. The largest absolute Gasteiger partial charge is 0.493 e. The molecule has 0 amide bonds. The predicted molar refractivity (Wildman–Crippen MR) is 77.1 cm³/mol. The minimum Gasteiger partial charge on any atom is -0.493 e. The van der Waals surface area contributed by atoms with Crippen LogP contribution in [0.5, 0.6) is 11.5 Å². The second-order valence-corrected chi connectivity index (χ2v) is 4.69. The summed E-state index contributed by atoms with van der Waals surface area (Å²) in [6, 6.07) is 5.69. The Morgan fingerprint density at radius 1 is 1.30 bits per heavy atom. The highest BCUT2D eigenvalue weighted by Crippen LogP contribution is 2.27. The van der Waals surface area contributed by atoms with E-state index >= 15 is 0 Å². The highest BCUT2D eigenvalue weighted by atomic mass is 35.5. The molecule has 0 unspecified atom stereocenters. The van der Waals surface area contributed by atoms with Gasteiger partial charge in [-0.2, -0.15) is 0 Å². The fourth-order valence-corrected chi connectivity index (χ4v) is 1.92. The molecule has 6 heteroatoms. The average molecular weight is 296 g/mol. The normalized spacial score (nSPS) is 10.6. The van der Waals surface area contributed by atoms with E-state index in [1.165, 1.54) is 0 Å². The first kappa shape index (κ1) is 14.7. The first-order valence-electron chi connectivity index (χ1n) is 6.52. The van der Waals surface area contributed by atoms with Crippen molar-refractivity contribution in [3.8, 4) is 11.5 Å². The van der Waals surface area contributed by atoms with E-state index in [0.717, 1.165) is 29.2 Å². The van der Waals surface area contributed by atoms with E-state index in [1.54, 1.807) is 4.68 Å². The number of halogens is 1. The zero-order valence-electron chi connectivity index (χ0n) is 11.7. The Hall–Kier alpha value is -1.75. The summed E-state index contributed by atoms with van der Waals surface area (Å²) in [6.07, 6.45) is 2.78. The van der Waals surface area contributed by atoms with Crippen LogP contribution in [0.3, 0.4) is 0 Å². The van der Waals surface area contributed by atoms with Crippen LogP contribution in [0.25, 0.3) is 0 Å². The van der Waals surface area contributed by atoms with E-state index in [2.05, 4.69) is 17.2 Å². The highest BCUT2D eigenvalue weighted by molar-refractivity contribution is 6.17. The lowest BCUT2D eigenvalue weighted by molar-refractivity contribution is 0.289. The summed E-state index contributed by atoms with van der Waals surface area (Å²) in [7, 11) is 1.82. The summed E-state index contributed by atoms with van der Waals surface area (Å²) in [5.41, 5.74) is 1.70. The van der Waals surface area contributed by atoms with Crippen molar-refractivity contribution >= 4 is 11.6 Å². The fourth-order valence-electron chi connectivity index (χ4n) is 1.70. The highest BCUT2D eigenvalue weighted by Gasteiger charge is 2.07. The van der Waals surface area contributed by atoms with Crippen LogP contribution < -0.4 is 9.47 Å². The Balaban J connectivity index is 2.07. The Bertz CT molecular complexity index is 557. The monoisotopic (exact) mass is 295 g/mol. The summed E-state index contributed by atoms with van der Waals surface area (Å²) in [6.45, 7) is 3.11. The third-order valence-corrected chi connectivity index (χ3v) is 2.97. The first-order chi connectivity index (χ1) is 9.72. The van der Waals surface area contributed by atoms with Crippen LogP contribution in [0.15, 0.2) is 24.4 Å². The summed E-state index contributed by atoms with van der Waals surface area (Å²) in [4.78, 5) is 0. The number of ether oxygens (including phenoxy) is 2. The molecule has 0 fully saturated rings. The van der Waals surface area contributed by atoms with Gasteiger partial charge in [0.1, 0.15) is 23.8 Å². The third kappa shape index (κ3) is 3.87. The topological polar surface area (TPSA) is 49.2 Å². The lowest BCUT2D eigenvalue weighted by Gasteiger charge is -2.11. The molecule has 2 aromatic rings. The zero-order valence-corrected chi connectivity index (χ0v) is 12.4. The molecule has 0 N–H and O–H groups in total. The van der Waals surface area contributed by atoms with Crippen LogP contribution in [-0.2, 0) is 19.5 Å². The van der Waals surface area contributed by atoms with E-state index in [1.807, 2.05) is 31.4 Å². The standard InChI is InChI=1S/C14H18ClN3O2/c1-3-6-19-13-5-4-11(8-15)14(7-13)20-10-12-9-18(2)17-16-12/h4-5,7,9H,3,6,8,10H2,1-2H3. The molecular weight excluding hydrogens is 278 g/mol. The third-order valence-electron chi connectivity index (χ3n) is 2.68. The van der Waals surface area contributed by atoms with E-state index in [0.29, 0.717) is 19.1 Å². The molecule has 0 saturated carbocycles. The fraction of sp³-hybridized carbons (Fsp3) is 0.429. The second kappa shape index (κ2) is 7.14. The van der Waals surface area contributed by atoms with Gasteiger partial charge in [0.25, 0.3) is 0 Å². The summed E-state index contributed by atoms with van der Waals surface area (Å²) in [5.74, 6) is 1.90. The van der Waals surface area contributed by atoms with Crippen molar-refractivity contribution in [1.29, 1.82) is 0 Å². The van der Waals surface area contributed by atoms with Gasteiger partial charge in [0.15, 0.2) is 0 Å². The number of aromatic nitrogens is 3. The smallest absolute Gasteiger partial charge is 0.134 e. The van der Waals surface area contributed by atoms with Crippen LogP contribution in [0.1, 0.15) is 24.6 Å². The number of hydrogen-bond donors (Lipinski definition) is 0. The first-order valence-corrected chi connectivity index (χ1v) is 7.06. The Morgan fingerprint density at radius 2 is 2.15 bits per heavy atom. The number of nitrogens with zero attached hydrogens (tertiary/aromatic N) is 3. The number of rotatable bonds is 7. The minimum atomic E-state index is 0.356. The molecule has 0 spiro atoms. The van der Waals surface area contributed by atoms with Gasteiger partial charge in [0.2, 0.25) is 0 Å². The van der Waals surface area contributed by atoms with Gasteiger partial charge in [0.05, 0.1) is 18.7 Å². The molecule has 1 heterocycles. The van der Waals surface area contributed by atoms with Crippen molar-refractivity contribution in [2.24, 2.45) is 7.05 Å². The van der Waals surface area contributed by atoms with Crippen molar-refractivity contribution < 1.29 is 9.47 Å². The molecule has 0 aliphatic carbocycles. The summed E-state index contributed by atoms with van der Waals surface area (Å²) >= 11 is 5.92. The average Bonchev–Trinajstić information content (AvgIpc) is 2.88. The molecule has 1 aromatic heterocycles. The molecular formula is C14H18ClN3O2. The molecule has 0 aliphatic heterocycles. The number of aryl methyl sites for hydroxylation is 1. The molecule has 2 rings (SSSR count). The Labute approximate surface area is 123 Å². The lowest BCUT2D eigenvalue weighted by atomic mass is 10.2. The molecule has 0 radical (unpaired) electrons. The van der Waals surface area contributed by atoms with Crippen LogP contribution in [0, 0.1) is 0 Å². The molecule has 0 aliphatic rings. The summed E-state index contributed by atoms with van der Waals surface area (Å²) in [5, 5.41) is 7.85. The summed E-state index contributed by atoms with van der Waals surface area (Å²) < 4.78 is 13.0. The van der Waals surface area contributed by atoms with Crippen molar-refractivity contribution in [3.05, 3.63) is 35.7 Å². The number of benzene rings is 1. The maximum absolute atomic E-state index is 5.92. The number of hydrogen-bond acceptors (Lipinski definition) is 4. The predicted octanol–water partition coefficient (Wildman–Crippen LogP) is 2.92. The van der Waals surface area contributed by atoms with Gasteiger partial charge in [-0.3, -0.25) is 4.68 Å². The van der Waals surface area contributed by atoms with Crippen molar-refractivity contribution in [2.75, 3.05) is 6.61 Å². The van der Waals surface area contributed by atoms with Crippen LogP contribution in [-0.4, -0.2) is 21.6 Å². The van der Waals surface area contributed by atoms with Gasteiger partial charge in [-0.05, 0) is 12.5 Å². The quantitative estimate of drug-likeness (QED) is 0.737. The molecule has 20 heavy (non-hydrogen) atoms. The zero-order chi connectivity index (χ0) is 14.4. The van der Waals surface area contributed by atoms with Gasteiger partial charge >= 0.3 is 0 Å². The van der Waals surface area contributed by atoms with E-state index in [-0.39, 0.29) is 0 Å². The minimum absolute atomic E-state index is 0.356. The molecule has 108 valence electrons. The van der Waals surface area contributed by atoms with Crippen LogP contribution in [0.4, 0.5) is 0 Å². The van der Waals surface area contributed by atoms with Crippen molar-refractivity contribution in [1.82, 2.24) is 15.0 Å². The Morgan fingerprint density at radius 3 is 2.80 bits per heavy atom. The van der Waals surface area contributed by atoms with E-state index in [4.69, 9.17) is 21.1 Å². The maximum Gasteiger partial charge on any atom is 0.134 e. The van der Waals surface area contributed by atoms with E-state index in [9.17, 15) is 0 Å². The van der Waals surface area contributed by atoms with Crippen molar-refractivity contribution in [2.45, 2.75) is 25.8 Å². The number of alkyl halides is 1. The van der Waals surface area contributed by atoms with Gasteiger partial charge < -0.3 is 9.47 Å². The van der Waals surface area contributed by atoms with Gasteiger partial charge in [-0.1, -0.05) is 18.2 Å². The van der Waals surface area contributed by atoms with Crippen LogP contribution in [0.2, 0.25) is 0 Å². The maximum atomic E-state index is 5.92. The van der Waals surface area contributed by atoms with Crippen molar-refractivity contribution in [3.63, 3.8) is 0 Å². The van der Waals surface area contributed by atoms with Gasteiger partial charge in [-0.25, -0.2) is 0 Å². The molecule has 0 bridgehead atoms. The van der Waals surface area contributed by atoms with Gasteiger partial charge in [0, 0.05) is 18.7 Å². The van der Waals surface area contributed by atoms with E-state index < -0.39 is 0 Å². The molecule has 0 saturated heterocycles. The van der Waals surface area contributed by atoms with Gasteiger partial charge in [-0.15, -0.1) is 16.7 Å². The SMILES string of the molecule is CCCOc1ccc(CCl)c(OCc2cn(C)nn2)c1.